The Balaban J connectivity index is 1.67. The maximum absolute atomic E-state index is 13.4. The lowest BCUT2D eigenvalue weighted by atomic mass is 10.1. The first-order chi connectivity index (χ1) is 12.5. The van der Waals surface area contributed by atoms with Crippen molar-refractivity contribution < 1.29 is 22.8 Å². The van der Waals surface area contributed by atoms with Crippen LogP contribution in [-0.4, -0.2) is 25.0 Å². The van der Waals surface area contributed by atoms with Gasteiger partial charge in [-0.25, -0.2) is 18.0 Å². The van der Waals surface area contributed by atoms with Crippen molar-refractivity contribution in [1.82, 2.24) is 10.6 Å². The molecule has 0 aliphatic carbocycles. The van der Waals surface area contributed by atoms with E-state index in [0.29, 0.717) is 12.6 Å². The van der Waals surface area contributed by atoms with Gasteiger partial charge in [0.15, 0.2) is 17.5 Å². The predicted octanol–water partition coefficient (Wildman–Crippen LogP) is 2.97. The largest absolute Gasteiger partial charge is 0.338 e. The number of halogens is 3. The molecule has 0 atom stereocenters. The fourth-order valence-electron chi connectivity index (χ4n) is 2.18. The number of aryl methyl sites for hydroxylation is 1. The zero-order valence-corrected chi connectivity index (χ0v) is 13.8. The number of rotatable bonds is 7. The molecule has 2 rings (SSSR count). The molecule has 0 aliphatic heterocycles. The van der Waals surface area contributed by atoms with E-state index >= 15 is 0 Å². The van der Waals surface area contributed by atoms with Gasteiger partial charge >= 0.3 is 6.03 Å². The van der Waals surface area contributed by atoms with Crippen molar-refractivity contribution in [3.63, 3.8) is 0 Å². The molecular weight excluding hydrogens is 347 g/mol. The average Bonchev–Trinajstić information content (AvgIpc) is 2.65. The maximum atomic E-state index is 13.4. The van der Waals surface area contributed by atoms with Gasteiger partial charge in [0.2, 0.25) is 5.91 Å². The van der Waals surface area contributed by atoms with Crippen LogP contribution in [-0.2, 0) is 11.2 Å². The number of carbonyl (C=O) groups excluding carboxylic acids is 2. The summed E-state index contributed by atoms with van der Waals surface area (Å²) >= 11 is 0. The molecule has 0 spiro atoms. The molecule has 0 heterocycles. The van der Waals surface area contributed by atoms with E-state index in [1.165, 1.54) is 0 Å². The second-order valence-corrected chi connectivity index (χ2v) is 5.47. The van der Waals surface area contributed by atoms with E-state index in [1.807, 2.05) is 30.3 Å². The lowest BCUT2D eigenvalue weighted by Crippen LogP contribution is -2.40. The summed E-state index contributed by atoms with van der Waals surface area (Å²) in [7, 11) is 0. The molecule has 2 aromatic carbocycles. The van der Waals surface area contributed by atoms with Gasteiger partial charge in [-0.05, 0) is 30.5 Å². The lowest BCUT2D eigenvalue weighted by molar-refractivity contribution is -0.115. The Labute approximate surface area is 148 Å². The number of hydrogen-bond donors (Lipinski definition) is 3. The monoisotopic (exact) mass is 365 g/mol. The van der Waals surface area contributed by atoms with E-state index in [4.69, 9.17) is 0 Å². The highest BCUT2D eigenvalue weighted by molar-refractivity contribution is 5.94. The second kappa shape index (κ2) is 9.45. The molecule has 8 heteroatoms. The van der Waals surface area contributed by atoms with Crippen LogP contribution in [0.2, 0.25) is 0 Å². The van der Waals surface area contributed by atoms with E-state index < -0.39 is 41.6 Å². The van der Waals surface area contributed by atoms with Gasteiger partial charge in [-0.1, -0.05) is 30.3 Å². The normalized spacial score (nSPS) is 10.3. The van der Waals surface area contributed by atoms with Gasteiger partial charge in [0.25, 0.3) is 0 Å². The lowest BCUT2D eigenvalue weighted by Gasteiger charge is -2.09. The van der Waals surface area contributed by atoms with Crippen molar-refractivity contribution in [1.29, 1.82) is 0 Å². The first kappa shape index (κ1) is 19.3. The van der Waals surface area contributed by atoms with Gasteiger partial charge in [0.05, 0.1) is 12.2 Å². The molecule has 5 nitrogen and oxygen atoms in total. The molecule has 3 N–H and O–H groups in total. The first-order valence-electron chi connectivity index (χ1n) is 7.96. The van der Waals surface area contributed by atoms with Crippen LogP contribution in [0.4, 0.5) is 23.7 Å². The predicted molar refractivity (Wildman–Crippen MR) is 91.1 cm³/mol. The van der Waals surface area contributed by atoms with E-state index in [2.05, 4.69) is 16.0 Å². The van der Waals surface area contributed by atoms with Crippen molar-refractivity contribution in [2.75, 3.05) is 18.4 Å². The fourth-order valence-corrected chi connectivity index (χ4v) is 2.18. The number of urea groups is 1. The quantitative estimate of drug-likeness (QED) is 0.522. The molecule has 0 fully saturated rings. The van der Waals surface area contributed by atoms with Gasteiger partial charge in [0.1, 0.15) is 0 Å². The summed E-state index contributed by atoms with van der Waals surface area (Å²) in [6, 6.07) is 10.8. The summed E-state index contributed by atoms with van der Waals surface area (Å²) in [5, 5.41) is 6.94. The third-order valence-electron chi connectivity index (χ3n) is 3.49. The molecule has 26 heavy (non-hydrogen) atoms. The maximum Gasteiger partial charge on any atom is 0.315 e. The zero-order chi connectivity index (χ0) is 18.9. The van der Waals surface area contributed by atoms with Crippen LogP contribution in [0.15, 0.2) is 42.5 Å². The molecule has 0 saturated carbocycles. The SMILES string of the molecule is O=C(CNC(=O)NCCCc1ccccc1)Nc1ccc(F)c(F)c1F. The minimum Gasteiger partial charge on any atom is -0.338 e. The van der Waals surface area contributed by atoms with Crippen LogP contribution >= 0.6 is 0 Å². The summed E-state index contributed by atoms with van der Waals surface area (Å²) in [5.41, 5.74) is 0.654. The van der Waals surface area contributed by atoms with Crippen molar-refractivity contribution in [3.05, 3.63) is 65.5 Å². The molecule has 0 unspecified atom stereocenters. The van der Waals surface area contributed by atoms with Gasteiger partial charge < -0.3 is 16.0 Å². The molecule has 0 aliphatic rings. The standard InChI is InChI=1S/C18H18F3N3O2/c19-13-8-9-14(17(21)16(13)20)24-15(25)11-23-18(26)22-10-4-7-12-5-2-1-3-6-12/h1-3,5-6,8-9H,4,7,10-11H2,(H,24,25)(H2,22,23,26). The molecule has 0 saturated heterocycles. The minimum absolute atomic E-state index is 0.417. The third-order valence-corrected chi connectivity index (χ3v) is 3.49. The summed E-state index contributed by atoms with van der Waals surface area (Å²) in [6.45, 7) is -0.0247. The highest BCUT2D eigenvalue weighted by atomic mass is 19.2. The second-order valence-electron chi connectivity index (χ2n) is 5.47. The van der Waals surface area contributed by atoms with Crippen molar-refractivity contribution in [3.8, 4) is 0 Å². The Morgan fingerprint density at radius 1 is 0.885 bits per heavy atom. The number of nitrogens with one attached hydrogen (secondary N) is 3. The van der Waals surface area contributed by atoms with Crippen LogP contribution in [0.25, 0.3) is 0 Å². The number of carbonyl (C=O) groups is 2. The van der Waals surface area contributed by atoms with Gasteiger partial charge in [-0.2, -0.15) is 0 Å². The number of anilines is 1. The fraction of sp³-hybridized carbons (Fsp3) is 0.222. The van der Waals surface area contributed by atoms with Crippen molar-refractivity contribution in [2.45, 2.75) is 12.8 Å². The number of hydrogen-bond acceptors (Lipinski definition) is 2. The summed E-state index contributed by atoms with van der Waals surface area (Å²) in [5.74, 6) is -5.29. The van der Waals surface area contributed by atoms with Crippen LogP contribution in [0, 0.1) is 17.5 Å². The average molecular weight is 365 g/mol. The minimum atomic E-state index is -1.67. The molecule has 0 aromatic heterocycles. The molecule has 2 aromatic rings. The summed E-state index contributed by atoms with van der Waals surface area (Å²) in [4.78, 5) is 23.2. The highest BCUT2D eigenvalue weighted by Gasteiger charge is 2.15. The van der Waals surface area contributed by atoms with E-state index in [0.717, 1.165) is 24.5 Å². The first-order valence-corrected chi connectivity index (χ1v) is 7.96. The molecule has 3 amide bonds. The van der Waals surface area contributed by atoms with Crippen LogP contribution in [0.3, 0.4) is 0 Å². The van der Waals surface area contributed by atoms with E-state index in [-0.39, 0.29) is 0 Å². The summed E-state index contributed by atoms with van der Waals surface area (Å²) in [6.07, 6.45) is 1.53. The van der Waals surface area contributed by atoms with Gasteiger partial charge in [-0.15, -0.1) is 0 Å². The van der Waals surface area contributed by atoms with E-state index in [9.17, 15) is 22.8 Å². The Bertz CT molecular complexity index is 770. The smallest absolute Gasteiger partial charge is 0.315 e. The topological polar surface area (TPSA) is 70.2 Å². The van der Waals surface area contributed by atoms with Crippen LogP contribution in [0.5, 0.6) is 0 Å². The Morgan fingerprint density at radius 2 is 1.62 bits per heavy atom. The Hall–Kier alpha value is -3.03. The number of amides is 3. The van der Waals surface area contributed by atoms with Gasteiger partial charge in [0, 0.05) is 6.54 Å². The Morgan fingerprint density at radius 3 is 2.35 bits per heavy atom. The summed E-state index contributed by atoms with van der Waals surface area (Å²) < 4.78 is 39.3. The molecular formula is C18H18F3N3O2. The van der Waals surface area contributed by atoms with Crippen LogP contribution < -0.4 is 16.0 Å². The van der Waals surface area contributed by atoms with Crippen molar-refractivity contribution in [2.24, 2.45) is 0 Å². The Kier molecular flexibility index (Phi) is 7.02. The third kappa shape index (κ3) is 5.80. The molecule has 0 radical (unpaired) electrons. The van der Waals surface area contributed by atoms with Gasteiger partial charge in [-0.3, -0.25) is 4.79 Å². The zero-order valence-electron chi connectivity index (χ0n) is 13.8. The highest BCUT2D eigenvalue weighted by Crippen LogP contribution is 2.19. The molecule has 138 valence electrons. The number of benzene rings is 2. The molecule has 0 bridgehead atoms. The van der Waals surface area contributed by atoms with E-state index in [1.54, 1.807) is 0 Å². The van der Waals surface area contributed by atoms with Crippen molar-refractivity contribution >= 4 is 17.6 Å². The van der Waals surface area contributed by atoms with Crippen LogP contribution in [0.1, 0.15) is 12.0 Å².